The maximum atomic E-state index is 11.8. The van der Waals surface area contributed by atoms with Gasteiger partial charge in [-0.15, -0.1) is 12.4 Å². The fraction of sp³-hybridized carbons (Fsp3) is 0.833. The predicted octanol–water partition coefficient (Wildman–Crippen LogP) is 0.145. The van der Waals surface area contributed by atoms with Gasteiger partial charge in [-0.2, -0.15) is 0 Å². The minimum Gasteiger partial charge on any atom is -0.350 e. The molecule has 2 rings (SSSR count). The van der Waals surface area contributed by atoms with E-state index in [-0.39, 0.29) is 36.8 Å². The Labute approximate surface area is 114 Å². The van der Waals surface area contributed by atoms with Crippen LogP contribution in [0.15, 0.2) is 0 Å². The van der Waals surface area contributed by atoms with E-state index >= 15 is 0 Å². The fourth-order valence-corrected chi connectivity index (χ4v) is 2.48. The minimum absolute atomic E-state index is 0. The van der Waals surface area contributed by atoms with Gasteiger partial charge in [0.1, 0.15) is 0 Å². The molecule has 2 atom stereocenters. The van der Waals surface area contributed by atoms with Gasteiger partial charge in [0.05, 0.1) is 6.54 Å². The summed E-state index contributed by atoms with van der Waals surface area (Å²) in [7, 11) is 0. The molecule has 6 heteroatoms. The van der Waals surface area contributed by atoms with Crippen molar-refractivity contribution in [2.45, 2.75) is 32.2 Å². The summed E-state index contributed by atoms with van der Waals surface area (Å²) in [5.74, 6) is 0.588. The average Bonchev–Trinajstić information content (AvgIpc) is 2.68. The highest BCUT2D eigenvalue weighted by molar-refractivity contribution is 5.86. The Bertz CT molecular complexity index is 312. The number of carbonyl (C=O) groups excluding carboxylic acids is 2. The predicted molar refractivity (Wildman–Crippen MR) is 71.6 cm³/mol. The maximum absolute atomic E-state index is 11.8. The number of halogens is 1. The first-order valence-corrected chi connectivity index (χ1v) is 6.44. The van der Waals surface area contributed by atoms with Crippen molar-refractivity contribution >= 4 is 24.2 Å². The van der Waals surface area contributed by atoms with E-state index in [4.69, 9.17) is 0 Å². The summed E-state index contributed by atoms with van der Waals surface area (Å²) in [5.41, 5.74) is 0. The molecule has 2 fully saturated rings. The summed E-state index contributed by atoms with van der Waals surface area (Å²) < 4.78 is 0. The van der Waals surface area contributed by atoms with Gasteiger partial charge in [0.15, 0.2) is 0 Å². The van der Waals surface area contributed by atoms with E-state index in [2.05, 4.69) is 17.6 Å². The minimum atomic E-state index is -0.0270. The fourth-order valence-electron chi connectivity index (χ4n) is 2.48. The van der Waals surface area contributed by atoms with E-state index in [1.54, 1.807) is 4.90 Å². The summed E-state index contributed by atoms with van der Waals surface area (Å²) in [5, 5.41) is 6.30. The molecule has 18 heavy (non-hydrogen) atoms. The van der Waals surface area contributed by atoms with Crippen LogP contribution in [0.4, 0.5) is 0 Å². The standard InChI is InChI=1S/C12H21N3O2.ClH/c1-9-4-5-13-7-10(9)14-11(16)8-15-6-2-3-12(15)17;/h9-10,13H,2-8H2,1H3,(H,14,16);1H. The third-order valence-corrected chi connectivity index (χ3v) is 3.68. The largest absolute Gasteiger partial charge is 0.350 e. The number of hydrogen-bond donors (Lipinski definition) is 2. The molecular formula is C12H22ClN3O2. The highest BCUT2D eigenvalue weighted by Gasteiger charge is 2.26. The number of likely N-dealkylation sites (tertiary alicyclic amines) is 1. The second kappa shape index (κ2) is 6.95. The Morgan fingerprint density at radius 2 is 2.33 bits per heavy atom. The molecule has 104 valence electrons. The molecule has 0 radical (unpaired) electrons. The summed E-state index contributed by atoms with van der Waals surface area (Å²) >= 11 is 0. The van der Waals surface area contributed by atoms with Crippen LogP contribution in [0, 0.1) is 5.92 Å². The second-order valence-electron chi connectivity index (χ2n) is 5.06. The van der Waals surface area contributed by atoms with Gasteiger partial charge in [-0.1, -0.05) is 6.92 Å². The van der Waals surface area contributed by atoms with Gasteiger partial charge in [0.2, 0.25) is 11.8 Å². The van der Waals surface area contributed by atoms with E-state index in [9.17, 15) is 9.59 Å². The molecule has 0 aromatic carbocycles. The van der Waals surface area contributed by atoms with Crippen LogP contribution in [0.5, 0.6) is 0 Å². The van der Waals surface area contributed by atoms with Gasteiger partial charge in [-0.05, 0) is 25.3 Å². The Balaban J connectivity index is 0.00000162. The van der Waals surface area contributed by atoms with Crippen LogP contribution in [-0.2, 0) is 9.59 Å². The third kappa shape index (κ3) is 3.85. The second-order valence-corrected chi connectivity index (χ2v) is 5.06. The van der Waals surface area contributed by atoms with E-state index in [0.29, 0.717) is 12.3 Å². The third-order valence-electron chi connectivity index (χ3n) is 3.68. The first kappa shape index (κ1) is 15.2. The number of rotatable bonds is 3. The van der Waals surface area contributed by atoms with E-state index in [1.165, 1.54) is 0 Å². The topological polar surface area (TPSA) is 61.4 Å². The quantitative estimate of drug-likeness (QED) is 0.771. The SMILES string of the molecule is CC1CCNCC1NC(=O)CN1CCCC1=O.Cl. The summed E-state index contributed by atoms with van der Waals surface area (Å²) in [4.78, 5) is 24.9. The molecule has 2 heterocycles. The normalized spacial score (nSPS) is 27.8. The van der Waals surface area contributed by atoms with Crippen LogP contribution in [0.25, 0.3) is 0 Å². The van der Waals surface area contributed by atoms with Gasteiger partial charge < -0.3 is 15.5 Å². The molecule has 2 aliphatic rings. The molecule has 2 saturated heterocycles. The molecule has 2 unspecified atom stereocenters. The number of hydrogen-bond acceptors (Lipinski definition) is 3. The molecule has 5 nitrogen and oxygen atoms in total. The lowest BCUT2D eigenvalue weighted by Gasteiger charge is -2.30. The first-order chi connectivity index (χ1) is 8.16. The lowest BCUT2D eigenvalue weighted by molar-refractivity contribution is -0.133. The van der Waals surface area contributed by atoms with Crippen molar-refractivity contribution in [1.29, 1.82) is 0 Å². The van der Waals surface area contributed by atoms with Crippen molar-refractivity contribution in [2.24, 2.45) is 5.92 Å². The average molecular weight is 276 g/mol. The smallest absolute Gasteiger partial charge is 0.239 e. The molecule has 0 spiro atoms. The first-order valence-electron chi connectivity index (χ1n) is 6.44. The Hall–Kier alpha value is -0.810. The van der Waals surface area contributed by atoms with Crippen LogP contribution in [-0.4, -0.2) is 48.9 Å². The summed E-state index contributed by atoms with van der Waals surface area (Å²) in [6, 6.07) is 0.203. The number of nitrogens with one attached hydrogen (secondary N) is 2. The van der Waals surface area contributed by atoms with E-state index in [0.717, 1.165) is 32.5 Å². The van der Waals surface area contributed by atoms with Crippen LogP contribution in [0.2, 0.25) is 0 Å². The van der Waals surface area contributed by atoms with E-state index < -0.39 is 0 Å². The van der Waals surface area contributed by atoms with Crippen LogP contribution in [0.1, 0.15) is 26.2 Å². The van der Waals surface area contributed by atoms with Crippen molar-refractivity contribution in [3.63, 3.8) is 0 Å². The molecular weight excluding hydrogens is 254 g/mol. The lowest BCUT2D eigenvalue weighted by atomic mass is 9.95. The highest BCUT2D eigenvalue weighted by Crippen LogP contribution is 2.12. The van der Waals surface area contributed by atoms with Gasteiger partial charge in [-0.25, -0.2) is 0 Å². The van der Waals surface area contributed by atoms with Gasteiger partial charge in [0, 0.05) is 25.6 Å². The zero-order chi connectivity index (χ0) is 12.3. The molecule has 2 aliphatic heterocycles. The molecule has 0 aromatic rings. The number of nitrogens with zero attached hydrogens (tertiary/aromatic N) is 1. The molecule has 0 aromatic heterocycles. The van der Waals surface area contributed by atoms with Crippen molar-refractivity contribution in [2.75, 3.05) is 26.2 Å². The van der Waals surface area contributed by atoms with Gasteiger partial charge in [0.25, 0.3) is 0 Å². The Morgan fingerprint density at radius 3 is 2.94 bits per heavy atom. The summed E-state index contributed by atoms with van der Waals surface area (Å²) in [6.45, 7) is 4.97. The lowest BCUT2D eigenvalue weighted by Crippen LogP contribution is -2.52. The zero-order valence-electron chi connectivity index (χ0n) is 10.8. The molecule has 0 aliphatic carbocycles. The van der Waals surface area contributed by atoms with Crippen LogP contribution < -0.4 is 10.6 Å². The number of carbonyl (C=O) groups is 2. The molecule has 0 saturated carbocycles. The number of piperidine rings is 1. The van der Waals surface area contributed by atoms with Gasteiger partial charge >= 0.3 is 0 Å². The number of amides is 2. The summed E-state index contributed by atoms with van der Waals surface area (Å²) in [6.07, 6.45) is 2.57. The monoisotopic (exact) mass is 275 g/mol. The van der Waals surface area contributed by atoms with Crippen molar-refractivity contribution in [3.05, 3.63) is 0 Å². The van der Waals surface area contributed by atoms with Crippen molar-refractivity contribution in [1.82, 2.24) is 15.5 Å². The Kier molecular flexibility index (Phi) is 5.88. The highest BCUT2D eigenvalue weighted by atomic mass is 35.5. The maximum Gasteiger partial charge on any atom is 0.239 e. The Morgan fingerprint density at radius 1 is 1.56 bits per heavy atom. The van der Waals surface area contributed by atoms with Crippen LogP contribution in [0.3, 0.4) is 0 Å². The van der Waals surface area contributed by atoms with Crippen molar-refractivity contribution in [3.8, 4) is 0 Å². The zero-order valence-corrected chi connectivity index (χ0v) is 11.6. The van der Waals surface area contributed by atoms with Crippen LogP contribution >= 0.6 is 12.4 Å². The molecule has 2 amide bonds. The van der Waals surface area contributed by atoms with Crippen molar-refractivity contribution < 1.29 is 9.59 Å². The van der Waals surface area contributed by atoms with Gasteiger partial charge in [-0.3, -0.25) is 9.59 Å². The molecule has 2 N–H and O–H groups in total. The van der Waals surface area contributed by atoms with E-state index in [1.807, 2.05) is 0 Å². The molecule has 0 bridgehead atoms.